The average molecular weight is 261 g/mol. The minimum absolute atomic E-state index is 0. The Morgan fingerprint density at radius 1 is 1.35 bits per heavy atom. The predicted molar refractivity (Wildman–Crippen MR) is 72.1 cm³/mol. The van der Waals surface area contributed by atoms with E-state index in [1.165, 1.54) is 32.1 Å². The van der Waals surface area contributed by atoms with Crippen molar-refractivity contribution in [2.24, 2.45) is 23.5 Å². The van der Waals surface area contributed by atoms with E-state index >= 15 is 0 Å². The van der Waals surface area contributed by atoms with Crippen LogP contribution in [0.2, 0.25) is 0 Å². The van der Waals surface area contributed by atoms with E-state index in [4.69, 9.17) is 5.73 Å². The third kappa shape index (κ3) is 3.85. The van der Waals surface area contributed by atoms with Crippen LogP contribution in [0.1, 0.15) is 45.4 Å². The summed E-state index contributed by atoms with van der Waals surface area (Å²) in [6.45, 7) is 2.50. The van der Waals surface area contributed by atoms with E-state index < -0.39 is 0 Å². The largest absolute Gasteiger partial charge is 0.352 e. The van der Waals surface area contributed by atoms with E-state index in [-0.39, 0.29) is 24.4 Å². The fraction of sp³-hybridized carbons (Fsp3) is 0.923. The summed E-state index contributed by atoms with van der Waals surface area (Å²) in [5, 5.41) is 3.00. The predicted octanol–water partition coefficient (Wildman–Crippen LogP) is 2.09. The fourth-order valence-electron chi connectivity index (χ4n) is 3.01. The van der Waals surface area contributed by atoms with Crippen LogP contribution in [0.3, 0.4) is 0 Å². The molecule has 2 fully saturated rings. The van der Waals surface area contributed by atoms with E-state index in [9.17, 15) is 4.79 Å². The van der Waals surface area contributed by atoms with Crippen molar-refractivity contribution in [3.05, 3.63) is 0 Å². The lowest BCUT2D eigenvalue weighted by Gasteiger charge is -2.21. The molecule has 3 N–H and O–H groups in total. The van der Waals surface area contributed by atoms with Crippen molar-refractivity contribution in [1.29, 1.82) is 0 Å². The van der Waals surface area contributed by atoms with Gasteiger partial charge >= 0.3 is 0 Å². The van der Waals surface area contributed by atoms with E-state index in [1.54, 1.807) is 0 Å². The fourth-order valence-corrected chi connectivity index (χ4v) is 3.01. The highest BCUT2D eigenvalue weighted by Gasteiger charge is 2.47. The molecule has 100 valence electrons. The van der Waals surface area contributed by atoms with Crippen LogP contribution in [-0.2, 0) is 4.79 Å². The topological polar surface area (TPSA) is 55.1 Å². The van der Waals surface area contributed by atoms with E-state index in [0.717, 1.165) is 12.3 Å². The van der Waals surface area contributed by atoms with Gasteiger partial charge in [0.2, 0.25) is 5.91 Å². The van der Waals surface area contributed by atoms with Crippen LogP contribution in [0.15, 0.2) is 0 Å². The van der Waals surface area contributed by atoms with Crippen LogP contribution in [0.4, 0.5) is 0 Å². The van der Waals surface area contributed by atoms with Crippen LogP contribution in [-0.4, -0.2) is 18.5 Å². The highest BCUT2D eigenvalue weighted by molar-refractivity contribution is 5.85. The summed E-state index contributed by atoms with van der Waals surface area (Å²) in [5.41, 5.74) is 5.50. The molecule has 0 aromatic rings. The summed E-state index contributed by atoms with van der Waals surface area (Å²) < 4.78 is 0. The molecule has 0 saturated heterocycles. The van der Waals surface area contributed by atoms with Crippen LogP contribution < -0.4 is 11.1 Å². The van der Waals surface area contributed by atoms with Crippen molar-refractivity contribution < 1.29 is 4.79 Å². The summed E-state index contributed by atoms with van der Waals surface area (Å²) in [4.78, 5) is 11.9. The number of nitrogens with two attached hydrogens (primary N) is 1. The number of carbonyl (C=O) groups excluding carboxylic acids is 1. The standard InChI is InChI=1S/C13H24N2O.ClH/c1-9(8-14)15-13(16)12-7-11(12)10-5-3-2-4-6-10;/h9-12H,2-8,14H2,1H3,(H,15,16);1H/t9-,11?,12?;/m0./s1. The third-order valence-corrected chi connectivity index (χ3v) is 4.17. The molecular formula is C13H25ClN2O. The second-order valence-corrected chi connectivity index (χ2v) is 5.55. The van der Waals surface area contributed by atoms with Gasteiger partial charge in [-0.3, -0.25) is 4.79 Å². The van der Waals surface area contributed by atoms with Gasteiger partial charge in [-0.05, 0) is 25.2 Å². The molecule has 0 aromatic heterocycles. The lowest BCUT2D eigenvalue weighted by atomic mass is 9.85. The minimum Gasteiger partial charge on any atom is -0.352 e. The molecule has 0 aliphatic heterocycles. The Labute approximate surface area is 110 Å². The number of hydrogen-bond acceptors (Lipinski definition) is 2. The molecular weight excluding hydrogens is 236 g/mol. The van der Waals surface area contributed by atoms with Gasteiger partial charge in [0.05, 0.1) is 0 Å². The second-order valence-electron chi connectivity index (χ2n) is 5.55. The third-order valence-electron chi connectivity index (χ3n) is 4.17. The molecule has 0 radical (unpaired) electrons. The Morgan fingerprint density at radius 2 is 2.00 bits per heavy atom. The number of nitrogens with one attached hydrogen (secondary N) is 1. The van der Waals surface area contributed by atoms with E-state index in [0.29, 0.717) is 18.4 Å². The van der Waals surface area contributed by atoms with Gasteiger partial charge in [0.15, 0.2) is 0 Å². The van der Waals surface area contributed by atoms with Gasteiger partial charge in [0, 0.05) is 18.5 Å². The summed E-state index contributed by atoms with van der Waals surface area (Å²) >= 11 is 0. The summed E-state index contributed by atoms with van der Waals surface area (Å²) in [7, 11) is 0. The summed E-state index contributed by atoms with van der Waals surface area (Å²) in [5.74, 6) is 2.06. The van der Waals surface area contributed by atoms with Crippen molar-refractivity contribution in [2.75, 3.05) is 6.54 Å². The zero-order valence-corrected chi connectivity index (χ0v) is 11.5. The molecule has 2 aliphatic rings. The lowest BCUT2D eigenvalue weighted by molar-refractivity contribution is -0.123. The minimum atomic E-state index is 0. The number of carbonyl (C=O) groups is 1. The van der Waals surface area contributed by atoms with Gasteiger partial charge in [-0.25, -0.2) is 0 Å². The maximum atomic E-state index is 11.9. The first-order chi connectivity index (χ1) is 7.72. The molecule has 2 unspecified atom stereocenters. The van der Waals surface area contributed by atoms with Crippen molar-refractivity contribution in [1.82, 2.24) is 5.32 Å². The molecule has 0 bridgehead atoms. The molecule has 1 amide bonds. The van der Waals surface area contributed by atoms with E-state index in [1.807, 2.05) is 6.92 Å². The highest BCUT2D eigenvalue weighted by atomic mass is 35.5. The Kier molecular flexibility index (Phi) is 5.74. The maximum Gasteiger partial charge on any atom is 0.223 e. The molecule has 4 heteroatoms. The highest BCUT2D eigenvalue weighted by Crippen LogP contribution is 2.49. The van der Waals surface area contributed by atoms with Gasteiger partial charge in [0.1, 0.15) is 0 Å². The molecule has 0 aromatic carbocycles. The smallest absolute Gasteiger partial charge is 0.223 e. The molecule has 3 atom stereocenters. The van der Waals surface area contributed by atoms with Gasteiger partial charge < -0.3 is 11.1 Å². The summed E-state index contributed by atoms with van der Waals surface area (Å²) in [6, 6.07) is 0.125. The Balaban J connectivity index is 0.00000144. The lowest BCUT2D eigenvalue weighted by Crippen LogP contribution is -2.39. The van der Waals surface area contributed by atoms with Gasteiger partial charge in [0.25, 0.3) is 0 Å². The van der Waals surface area contributed by atoms with Crippen molar-refractivity contribution in [2.45, 2.75) is 51.5 Å². The number of amides is 1. The first-order valence-electron chi connectivity index (χ1n) is 6.72. The van der Waals surface area contributed by atoms with Crippen LogP contribution >= 0.6 is 12.4 Å². The number of rotatable bonds is 4. The first-order valence-corrected chi connectivity index (χ1v) is 6.72. The molecule has 2 rings (SSSR count). The Hall–Kier alpha value is -0.280. The first kappa shape index (κ1) is 14.8. The quantitative estimate of drug-likeness (QED) is 0.813. The van der Waals surface area contributed by atoms with E-state index in [2.05, 4.69) is 5.32 Å². The maximum absolute atomic E-state index is 11.9. The van der Waals surface area contributed by atoms with Crippen molar-refractivity contribution in [3.63, 3.8) is 0 Å². The van der Waals surface area contributed by atoms with Gasteiger partial charge in [-0.2, -0.15) is 0 Å². The van der Waals surface area contributed by atoms with Crippen LogP contribution in [0.25, 0.3) is 0 Å². The monoisotopic (exact) mass is 260 g/mol. The Bertz CT molecular complexity index is 254. The molecule has 0 heterocycles. The summed E-state index contributed by atoms with van der Waals surface area (Å²) in [6.07, 6.45) is 7.95. The molecule has 17 heavy (non-hydrogen) atoms. The zero-order chi connectivity index (χ0) is 11.5. The van der Waals surface area contributed by atoms with Crippen LogP contribution in [0, 0.1) is 17.8 Å². The molecule has 2 aliphatic carbocycles. The zero-order valence-electron chi connectivity index (χ0n) is 10.7. The van der Waals surface area contributed by atoms with Crippen molar-refractivity contribution >= 4 is 18.3 Å². The average Bonchev–Trinajstić information content (AvgIpc) is 3.10. The Morgan fingerprint density at radius 3 is 2.59 bits per heavy atom. The van der Waals surface area contributed by atoms with Gasteiger partial charge in [-0.15, -0.1) is 12.4 Å². The van der Waals surface area contributed by atoms with Gasteiger partial charge in [-0.1, -0.05) is 32.1 Å². The number of halogens is 1. The number of hydrogen-bond donors (Lipinski definition) is 2. The van der Waals surface area contributed by atoms with Crippen LogP contribution in [0.5, 0.6) is 0 Å². The second kappa shape index (κ2) is 6.60. The normalized spacial score (nSPS) is 30.2. The molecule has 2 saturated carbocycles. The SMILES string of the molecule is C[C@@H](CN)NC(=O)C1CC1C1CCCCC1.Cl. The molecule has 0 spiro atoms. The van der Waals surface area contributed by atoms with Crippen molar-refractivity contribution in [3.8, 4) is 0 Å². The molecule has 3 nitrogen and oxygen atoms in total.